The van der Waals surface area contributed by atoms with Gasteiger partial charge in [0.1, 0.15) is 23.9 Å². The normalized spacial score (nSPS) is 10.3. The van der Waals surface area contributed by atoms with Gasteiger partial charge < -0.3 is 20.1 Å². The Bertz CT molecular complexity index is 1020. The first-order chi connectivity index (χ1) is 14.5. The molecule has 0 saturated heterocycles. The van der Waals surface area contributed by atoms with Crippen LogP contribution < -0.4 is 10.1 Å². The van der Waals surface area contributed by atoms with E-state index in [9.17, 15) is 19.1 Å². The number of carboxylic acid groups (broad SMARTS) is 1. The van der Waals surface area contributed by atoms with E-state index in [-0.39, 0.29) is 12.1 Å². The van der Waals surface area contributed by atoms with Crippen LogP contribution in [0.25, 0.3) is 0 Å². The van der Waals surface area contributed by atoms with E-state index in [0.717, 1.165) is 0 Å². The third-order valence-corrected chi connectivity index (χ3v) is 4.29. The van der Waals surface area contributed by atoms with E-state index < -0.39 is 24.2 Å². The molecule has 2 N–H and O–H groups in total. The fraction of sp³-hybridized carbons (Fsp3) is 0.136. The van der Waals surface area contributed by atoms with Crippen LogP contribution in [0.4, 0.5) is 15.9 Å². The van der Waals surface area contributed by atoms with E-state index in [2.05, 4.69) is 10.3 Å². The SMILES string of the molecule is COc1ccc(Nc2ncccc2C(=O)N(CC(=O)O)Cc2ccc(F)cc2)cc1. The summed E-state index contributed by atoms with van der Waals surface area (Å²) in [6.45, 7) is -0.491. The van der Waals surface area contributed by atoms with Gasteiger partial charge in [-0.05, 0) is 54.1 Å². The van der Waals surface area contributed by atoms with Gasteiger partial charge in [-0.2, -0.15) is 0 Å². The number of pyridine rings is 1. The van der Waals surface area contributed by atoms with Crippen LogP contribution in [0, 0.1) is 5.82 Å². The summed E-state index contributed by atoms with van der Waals surface area (Å²) < 4.78 is 18.3. The number of nitrogens with one attached hydrogen (secondary N) is 1. The van der Waals surface area contributed by atoms with Crippen molar-refractivity contribution < 1.29 is 23.8 Å². The predicted octanol–water partition coefficient (Wildman–Crippen LogP) is 3.70. The summed E-state index contributed by atoms with van der Waals surface area (Å²) in [6.07, 6.45) is 1.53. The lowest BCUT2D eigenvalue weighted by atomic mass is 10.1. The third-order valence-electron chi connectivity index (χ3n) is 4.29. The molecule has 3 aromatic rings. The minimum atomic E-state index is -1.15. The minimum Gasteiger partial charge on any atom is -0.497 e. The highest BCUT2D eigenvalue weighted by atomic mass is 19.1. The summed E-state index contributed by atoms with van der Waals surface area (Å²) in [5, 5.41) is 12.3. The van der Waals surface area contributed by atoms with Crippen molar-refractivity contribution >= 4 is 23.4 Å². The molecule has 0 saturated carbocycles. The first-order valence-electron chi connectivity index (χ1n) is 9.08. The third kappa shape index (κ3) is 5.32. The van der Waals surface area contributed by atoms with E-state index in [4.69, 9.17) is 4.74 Å². The number of amides is 1. The second-order valence-corrected chi connectivity index (χ2v) is 6.43. The summed E-state index contributed by atoms with van der Waals surface area (Å²) in [5.41, 5.74) is 1.52. The number of aliphatic carboxylic acids is 1. The van der Waals surface area contributed by atoms with Gasteiger partial charge in [0, 0.05) is 18.4 Å². The van der Waals surface area contributed by atoms with Gasteiger partial charge in [-0.25, -0.2) is 9.37 Å². The Morgan fingerprint density at radius 1 is 1.10 bits per heavy atom. The number of anilines is 2. The molecule has 7 nitrogen and oxygen atoms in total. The highest BCUT2D eigenvalue weighted by Crippen LogP contribution is 2.22. The first kappa shape index (κ1) is 20.8. The molecule has 30 heavy (non-hydrogen) atoms. The zero-order chi connectivity index (χ0) is 21.5. The average Bonchev–Trinajstić information content (AvgIpc) is 2.75. The maximum absolute atomic E-state index is 13.2. The van der Waals surface area contributed by atoms with Crippen molar-refractivity contribution in [2.45, 2.75) is 6.54 Å². The molecule has 3 rings (SSSR count). The molecule has 0 unspecified atom stereocenters. The number of nitrogens with zero attached hydrogens (tertiary/aromatic N) is 2. The van der Waals surface area contributed by atoms with Gasteiger partial charge in [-0.1, -0.05) is 12.1 Å². The van der Waals surface area contributed by atoms with Crippen LogP contribution in [-0.2, 0) is 11.3 Å². The Labute approximate surface area is 172 Å². The van der Waals surface area contributed by atoms with Crippen LogP contribution in [0.5, 0.6) is 5.75 Å². The van der Waals surface area contributed by atoms with Crippen molar-refractivity contribution in [2.24, 2.45) is 0 Å². The van der Waals surface area contributed by atoms with Gasteiger partial charge in [0.25, 0.3) is 5.91 Å². The Morgan fingerprint density at radius 3 is 2.43 bits per heavy atom. The molecular weight excluding hydrogens is 389 g/mol. The summed E-state index contributed by atoms with van der Waals surface area (Å²) in [4.78, 5) is 29.9. The van der Waals surface area contributed by atoms with Gasteiger partial charge >= 0.3 is 5.97 Å². The van der Waals surface area contributed by atoms with E-state index in [1.807, 2.05) is 0 Å². The molecule has 0 bridgehead atoms. The Balaban J connectivity index is 1.86. The van der Waals surface area contributed by atoms with Gasteiger partial charge in [0.15, 0.2) is 0 Å². The van der Waals surface area contributed by atoms with Crippen LogP contribution in [-0.4, -0.2) is 40.5 Å². The molecule has 0 atom stereocenters. The quantitative estimate of drug-likeness (QED) is 0.590. The van der Waals surface area contributed by atoms with Crippen LogP contribution in [0.15, 0.2) is 66.9 Å². The molecule has 1 heterocycles. The Morgan fingerprint density at radius 2 is 1.80 bits per heavy atom. The standard InChI is InChI=1S/C22H20FN3O4/c1-30-18-10-8-17(9-11-18)25-21-19(3-2-12-24-21)22(29)26(14-20(27)28)13-15-4-6-16(23)7-5-15/h2-12H,13-14H2,1H3,(H,24,25)(H,27,28). The summed E-state index contributed by atoms with van der Waals surface area (Å²) in [7, 11) is 1.57. The summed E-state index contributed by atoms with van der Waals surface area (Å²) in [5.74, 6) is -1.09. The number of hydrogen-bond acceptors (Lipinski definition) is 5. The average molecular weight is 409 g/mol. The number of hydrogen-bond donors (Lipinski definition) is 2. The Hall–Kier alpha value is -3.94. The van der Waals surface area contributed by atoms with Crippen molar-refractivity contribution in [1.82, 2.24) is 9.88 Å². The predicted molar refractivity (Wildman–Crippen MR) is 109 cm³/mol. The van der Waals surface area contributed by atoms with Crippen molar-refractivity contribution in [3.8, 4) is 5.75 Å². The first-order valence-corrected chi connectivity index (χ1v) is 9.08. The summed E-state index contributed by atoms with van der Waals surface area (Å²) >= 11 is 0. The second-order valence-electron chi connectivity index (χ2n) is 6.43. The van der Waals surface area contributed by atoms with Crippen molar-refractivity contribution in [3.05, 3.63) is 83.8 Å². The van der Waals surface area contributed by atoms with Crippen molar-refractivity contribution in [2.75, 3.05) is 19.0 Å². The topological polar surface area (TPSA) is 91.8 Å². The lowest BCUT2D eigenvalue weighted by Gasteiger charge is -2.22. The van der Waals surface area contributed by atoms with Crippen LogP contribution in [0.2, 0.25) is 0 Å². The molecule has 2 aromatic carbocycles. The van der Waals surface area contributed by atoms with Gasteiger partial charge in [-0.15, -0.1) is 0 Å². The molecule has 0 aliphatic heterocycles. The number of carbonyl (C=O) groups excluding carboxylic acids is 1. The molecule has 1 amide bonds. The van der Waals surface area contributed by atoms with Crippen LogP contribution in [0.1, 0.15) is 15.9 Å². The van der Waals surface area contributed by atoms with Crippen LogP contribution in [0.3, 0.4) is 0 Å². The number of halogens is 1. The minimum absolute atomic E-state index is 0.0162. The summed E-state index contributed by atoms with van der Waals surface area (Å²) in [6, 6.07) is 15.8. The number of carboxylic acids is 1. The van der Waals surface area contributed by atoms with E-state index >= 15 is 0 Å². The molecule has 0 spiro atoms. The van der Waals surface area contributed by atoms with E-state index in [1.165, 1.54) is 35.4 Å². The second kappa shape index (κ2) is 9.51. The highest BCUT2D eigenvalue weighted by molar-refractivity contribution is 6.00. The molecule has 0 aliphatic carbocycles. The molecular formula is C22H20FN3O4. The number of carbonyl (C=O) groups is 2. The van der Waals surface area contributed by atoms with Crippen molar-refractivity contribution in [3.63, 3.8) is 0 Å². The fourth-order valence-corrected chi connectivity index (χ4v) is 2.83. The van der Waals surface area contributed by atoms with Crippen molar-refractivity contribution in [1.29, 1.82) is 0 Å². The maximum atomic E-state index is 13.2. The Kier molecular flexibility index (Phi) is 6.59. The lowest BCUT2D eigenvalue weighted by Crippen LogP contribution is -2.35. The van der Waals surface area contributed by atoms with Gasteiger partial charge in [-0.3, -0.25) is 9.59 Å². The highest BCUT2D eigenvalue weighted by Gasteiger charge is 2.22. The number of benzene rings is 2. The fourth-order valence-electron chi connectivity index (χ4n) is 2.83. The van der Waals surface area contributed by atoms with E-state index in [0.29, 0.717) is 22.8 Å². The smallest absolute Gasteiger partial charge is 0.323 e. The number of aromatic nitrogens is 1. The zero-order valence-corrected chi connectivity index (χ0v) is 16.2. The zero-order valence-electron chi connectivity index (χ0n) is 16.2. The number of rotatable bonds is 8. The maximum Gasteiger partial charge on any atom is 0.323 e. The number of ether oxygens (including phenoxy) is 1. The monoisotopic (exact) mass is 409 g/mol. The largest absolute Gasteiger partial charge is 0.497 e. The van der Waals surface area contributed by atoms with Gasteiger partial charge in [0.05, 0.1) is 12.7 Å². The molecule has 1 aromatic heterocycles. The molecule has 0 aliphatic rings. The van der Waals surface area contributed by atoms with E-state index in [1.54, 1.807) is 43.5 Å². The molecule has 0 fully saturated rings. The van der Waals surface area contributed by atoms with Gasteiger partial charge in [0.2, 0.25) is 0 Å². The lowest BCUT2D eigenvalue weighted by molar-refractivity contribution is -0.137. The molecule has 154 valence electrons. The molecule has 8 heteroatoms. The van der Waals surface area contributed by atoms with Crippen LogP contribution >= 0.6 is 0 Å². The number of methoxy groups -OCH3 is 1. The molecule has 0 radical (unpaired) electrons.